The summed E-state index contributed by atoms with van der Waals surface area (Å²) in [5, 5.41) is 12.1. The number of benzene rings is 2. The summed E-state index contributed by atoms with van der Waals surface area (Å²) in [5.74, 6) is 0.176. The molecule has 6 rings (SSSR count). The van der Waals surface area contributed by atoms with Crippen LogP contribution in [-0.4, -0.2) is 90.0 Å². The van der Waals surface area contributed by atoms with Crippen LogP contribution in [0, 0.1) is 18.3 Å². The lowest BCUT2D eigenvalue weighted by Crippen LogP contribution is -2.55. The Kier molecular flexibility index (Phi) is 9.03. The molecule has 3 aliphatic heterocycles. The molecule has 3 aromatic rings. The fraction of sp³-hybridized carbons (Fsp3) is 0.500. The van der Waals surface area contributed by atoms with Gasteiger partial charge in [0.1, 0.15) is 12.4 Å². The molecule has 1 aromatic heterocycles. The average molecular weight is 611 g/mol. The van der Waals surface area contributed by atoms with Crippen molar-refractivity contribution in [3.8, 4) is 12.1 Å². The Morgan fingerprint density at radius 3 is 2.62 bits per heavy atom. The molecule has 236 valence electrons. The minimum absolute atomic E-state index is 0.00134. The first-order valence-corrected chi connectivity index (χ1v) is 16.0. The number of rotatable bonds is 9. The van der Waals surface area contributed by atoms with Crippen LogP contribution in [0.25, 0.3) is 10.8 Å². The summed E-state index contributed by atoms with van der Waals surface area (Å²) in [6.07, 6.45) is 3.25. The minimum Gasteiger partial charge on any atom is -0.462 e. The van der Waals surface area contributed by atoms with E-state index >= 15 is 0 Å². The quantitative estimate of drug-likeness (QED) is 0.388. The number of hydrogen-bond donors (Lipinski definition) is 1. The molecular weight excluding hydrogens is 568 g/mol. The van der Waals surface area contributed by atoms with Crippen molar-refractivity contribution < 1.29 is 14.3 Å². The summed E-state index contributed by atoms with van der Waals surface area (Å²) >= 11 is 0. The summed E-state index contributed by atoms with van der Waals surface area (Å²) in [5.41, 5.74) is 9.78. The Hall–Kier alpha value is -4.43. The van der Waals surface area contributed by atoms with E-state index in [1.807, 2.05) is 0 Å². The van der Waals surface area contributed by atoms with Crippen molar-refractivity contribution >= 4 is 34.1 Å². The van der Waals surface area contributed by atoms with Crippen molar-refractivity contribution in [3.63, 3.8) is 0 Å². The number of fused-ring (bicyclic) bond motifs is 2. The molecule has 0 aliphatic carbocycles. The number of nitrogens with zero attached hydrogens (tertiary/aromatic N) is 7. The largest absolute Gasteiger partial charge is 0.462 e. The topological polar surface area (TPSA) is 132 Å². The van der Waals surface area contributed by atoms with Crippen LogP contribution in [0.4, 0.5) is 11.5 Å². The number of primary amides is 1. The molecule has 0 unspecified atom stereocenters. The Bertz CT molecular complexity index is 1620. The van der Waals surface area contributed by atoms with E-state index in [4.69, 9.17) is 20.4 Å². The molecule has 2 fully saturated rings. The van der Waals surface area contributed by atoms with Gasteiger partial charge in [0.15, 0.2) is 0 Å². The molecule has 2 amide bonds. The third-order valence-corrected chi connectivity index (χ3v) is 9.55. The number of anilines is 2. The zero-order valence-corrected chi connectivity index (χ0v) is 26.2. The zero-order valence-electron chi connectivity index (χ0n) is 26.2. The van der Waals surface area contributed by atoms with Crippen LogP contribution >= 0.6 is 0 Å². The Morgan fingerprint density at radius 1 is 1.04 bits per heavy atom. The van der Waals surface area contributed by atoms with Gasteiger partial charge in [-0.1, -0.05) is 30.3 Å². The van der Waals surface area contributed by atoms with Crippen LogP contribution in [0.2, 0.25) is 0 Å². The van der Waals surface area contributed by atoms with Gasteiger partial charge in [-0.15, -0.1) is 0 Å². The van der Waals surface area contributed by atoms with Crippen LogP contribution < -0.4 is 20.3 Å². The van der Waals surface area contributed by atoms with E-state index < -0.39 is 5.91 Å². The maximum Gasteiger partial charge on any atom is 0.318 e. The molecular formula is C34H42N8O3. The number of nitriles is 1. The maximum absolute atomic E-state index is 13.0. The molecule has 2 N–H and O–H groups in total. The fourth-order valence-corrected chi connectivity index (χ4v) is 7.08. The Labute approximate surface area is 264 Å². The van der Waals surface area contributed by atoms with Crippen molar-refractivity contribution in [2.24, 2.45) is 5.73 Å². The van der Waals surface area contributed by atoms with E-state index in [-0.39, 0.29) is 31.2 Å². The average Bonchev–Trinajstić information content (AvgIpc) is 3.46. The number of piperazine rings is 1. The van der Waals surface area contributed by atoms with Gasteiger partial charge in [-0.2, -0.15) is 15.2 Å². The first-order chi connectivity index (χ1) is 21.8. The molecule has 0 saturated carbocycles. The maximum atomic E-state index is 13.0. The third-order valence-electron chi connectivity index (χ3n) is 9.55. The van der Waals surface area contributed by atoms with Gasteiger partial charge in [0.05, 0.1) is 30.8 Å². The Morgan fingerprint density at radius 2 is 1.87 bits per heavy atom. The minimum atomic E-state index is -0.504. The summed E-state index contributed by atoms with van der Waals surface area (Å²) in [6.45, 7) is 6.66. The predicted octanol–water partition coefficient (Wildman–Crippen LogP) is 3.17. The third kappa shape index (κ3) is 6.52. The van der Waals surface area contributed by atoms with E-state index in [2.05, 4.69) is 71.1 Å². The summed E-state index contributed by atoms with van der Waals surface area (Å²) in [7, 11) is 2.13. The second-order valence-corrected chi connectivity index (χ2v) is 12.5. The molecule has 2 saturated heterocycles. The van der Waals surface area contributed by atoms with Crippen LogP contribution in [0.15, 0.2) is 36.4 Å². The highest BCUT2D eigenvalue weighted by Crippen LogP contribution is 2.36. The van der Waals surface area contributed by atoms with Gasteiger partial charge in [-0.3, -0.25) is 9.59 Å². The van der Waals surface area contributed by atoms with E-state index in [1.165, 1.54) is 22.0 Å². The molecule has 11 heteroatoms. The van der Waals surface area contributed by atoms with Crippen LogP contribution in [0.3, 0.4) is 0 Å². The SMILES string of the molecule is Cc1cccc2cccc(N3CCc4c(nc(OC[C@@H]5CCCN5C)nc4N4CCN(C(=O)CCC(N)=O)[C@@H](CC#N)C4)C3)c12. The van der Waals surface area contributed by atoms with Crippen LogP contribution in [0.1, 0.15) is 48.9 Å². The Balaban J connectivity index is 1.31. The molecule has 3 aliphatic rings. The zero-order chi connectivity index (χ0) is 31.5. The van der Waals surface area contributed by atoms with Gasteiger partial charge in [0.25, 0.3) is 0 Å². The number of ether oxygens (including phenoxy) is 1. The van der Waals surface area contributed by atoms with Crippen molar-refractivity contribution in [1.29, 1.82) is 5.26 Å². The highest BCUT2D eigenvalue weighted by Gasteiger charge is 2.34. The summed E-state index contributed by atoms with van der Waals surface area (Å²) in [6, 6.07) is 15.5. The van der Waals surface area contributed by atoms with E-state index in [9.17, 15) is 14.9 Å². The molecule has 11 nitrogen and oxygen atoms in total. The lowest BCUT2D eigenvalue weighted by atomic mass is 9.99. The van der Waals surface area contributed by atoms with Crippen molar-refractivity contribution in [2.45, 2.75) is 64.1 Å². The number of likely N-dealkylation sites (N-methyl/N-ethyl adjacent to an activating group) is 1. The van der Waals surface area contributed by atoms with Gasteiger partial charge in [0.2, 0.25) is 11.8 Å². The van der Waals surface area contributed by atoms with E-state index in [1.54, 1.807) is 4.90 Å². The number of carbonyl (C=O) groups excluding carboxylic acids is 2. The highest BCUT2D eigenvalue weighted by atomic mass is 16.5. The normalized spacial score (nSPS) is 20.2. The summed E-state index contributed by atoms with van der Waals surface area (Å²) < 4.78 is 6.31. The molecule has 0 bridgehead atoms. The lowest BCUT2D eigenvalue weighted by Gasteiger charge is -2.42. The van der Waals surface area contributed by atoms with E-state index in [0.29, 0.717) is 44.8 Å². The molecule has 0 spiro atoms. The van der Waals surface area contributed by atoms with Gasteiger partial charge < -0.3 is 30.1 Å². The predicted molar refractivity (Wildman–Crippen MR) is 173 cm³/mol. The van der Waals surface area contributed by atoms with Gasteiger partial charge in [-0.25, -0.2) is 0 Å². The van der Waals surface area contributed by atoms with Gasteiger partial charge in [0, 0.05) is 61.7 Å². The van der Waals surface area contributed by atoms with Crippen LogP contribution in [0.5, 0.6) is 6.01 Å². The number of carbonyl (C=O) groups is 2. The number of hydrogen-bond acceptors (Lipinski definition) is 9. The molecule has 0 radical (unpaired) electrons. The van der Waals surface area contributed by atoms with Crippen molar-refractivity contribution in [3.05, 3.63) is 53.2 Å². The number of aryl methyl sites for hydroxylation is 1. The van der Waals surface area contributed by atoms with Crippen LogP contribution in [-0.2, 0) is 22.6 Å². The first-order valence-electron chi connectivity index (χ1n) is 16.0. The highest BCUT2D eigenvalue weighted by molar-refractivity contribution is 5.97. The molecule has 45 heavy (non-hydrogen) atoms. The molecule has 2 atom stereocenters. The second-order valence-electron chi connectivity index (χ2n) is 12.5. The van der Waals surface area contributed by atoms with E-state index in [0.717, 1.165) is 49.4 Å². The first kappa shape index (κ1) is 30.6. The lowest BCUT2D eigenvalue weighted by molar-refractivity contribution is -0.135. The van der Waals surface area contributed by atoms with Gasteiger partial charge >= 0.3 is 6.01 Å². The van der Waals surface area contributed by atoms with Crippen molar-refractivity contribution in [2.75, 3.05) is 56.2 Å². The monoisotopic (exact) mass is 610 g/mol. The standard InChI is InChI=1S/C34H42N8O3/c1-23-6-3-7-24-8-4-10-29(32(23)24)40-17-14-27-28(21-40)37-34(45-22-26-9-5-16-39(26)2)38-33(27)41-18-19-42(25(20-41)13-15-35)31(44)12-11-30(36)43/h3-4,6-8,10,25-26H,5,9,11-14,16-22H2,1-2H3,(H2,36,43)/t25-,26-/m0/s1. The second kappa shape index (κ2) is 13.3. The number of amides is 2. The number of nitrogens with two attached hydrogens (primary N) is 1. The fourth-order valence-electron chi connectivity index (χ4n) is 7.08. The number of aromatic nitrogens is 2. The smallest absolute Gasteiger partial charge is 0.318 e. The van der Waals surface area contributed by atoms with Gasteiger partial charge in [-0.05, 0) is 56.8 Å². The number of likely N-dealkylation sites (tertiary alicyclic amines) is 1. The summed E-state index contributed by atoms with van der Waals surface area (Å²) in [4.78, 5) is 42.9. The molecule has 4 heterocycles. The molecule has 2 aromatic carbocycles. The van der Waals surface area contributed by atoms with Crippen molar-refractivity contribution in [1.82, 2.24) is 19.8 Å².